The second-order valence-electron chi connectivity index (χ2n) is 3.50. The Hall–Kier alpha value is 0.542. The van der Waals surface area contributed by atoms with E-state index >= 15 is 0 Å². The summed E-state index contributed by atoms with van der Waals surface area (Å²) in [4.78, 5) is 10.8. The topological polar surface area (TPSA) is 42.2 Å². The van der Waals surface area contributed by atoms with E-state index in [0.29, 0.717) is 13.0 Å². The summed E-state index contributed by atoms with van der Waals surface area (Å²) in [6.45, 7) is 6.19. The molecule has 1 aromatic heterocycles. The van der Waals surface area contributed by atoms with Crippen LogP contribution in [0, 0.1) is 32.0 Å². The van der Waals surface area contributed by atoms with E-state index in [0.717, 1.165) is 11.3 Å². The maximum absolute atomic E-state index is 10.8. The van der Waals surface area contributed by atoms with Crippen molar-refractivity contribution in [3.05, 3.63) is 23.5 Å². The average Bonchev–Trinajstić information content (AvgIpc) is 2.40. The van der Waals surface area contributed by atoms with E-state index in [1.807, 2.05) is 25.3 Å². The van der Waals surface area contributed by atoms with Crippen molar-refractivity contribution in [1.29, 1.82) is 0 Å². The predicted octanol–water partition coefficient (Wildman–Crippen LogP) is 1.81. The van der Waals surface area contributed by atoms with Crippen LogP contribution in [0.5, 0.6) is 0 Å². The molecule has 3 nitrogen and oxygen atoms in total. The predicted molar refractivity (Wildman–Crippen MR) is 53.0 cm³/mol. The minimum atomic E-state index is -0.744. The van der Waals surface area contributed by atoms with Gasteiger partial charge in [0.15, 0.2) is 0 Å². The van der Waals surface area contributed by atoms with E-state index in [9.17, 15) is 4.79 Å². The number of nitrogens with zero attached hydrogens (tertiary/aromatic N) is 1. The van der Waals surface area contributed by atoms with Crippen molar-refractivity contribution in [1.82, 2.24) is 4.57 Å². The van der Waals surface area contributed by atoms with Crippen LogP contribution < -0.4 is 0 Å². The second-order valence-corrected chi connectivity index (χ2v) is 3.50. The summed E-state index contributed by atoms with van der Waals surface area (Å²) in [5.41, 5.74) is 1.88. The molecule has 0 aromatic carbocycles. The maximum atomic E-state index is 10.8. The number of carbonyl (C=O) groups is 1. The minimum Gasteiger partial charge on any atom is -0.592 e. The van der Waals surface area contributed by atoms with Gasteiger partial charge in [-0.3, -0.25) is 11.0 Å². The van der Waals surface area contributed by atoms with E-state index < -0.39 is 5.97 Å². The van der Waals surface area contributed by atoms with Crippen LogP contribution in [0.4, 0.5) is 0 Å². The van der Waals surface area contributed by atoms with Gasteiger partial charge in [-0.1, -0.05) is 13.8 Å². The quantitative estimate of drug-likeness (QED) is 0.689. The van der Waals surface area contributed by atoms with Crippen LogP contribution in [0.15, 0.2) is 0 Å². The third kappa shape index (κ3) is 5.25. The summed E-state index contributed by atoms with van der Waals surface area (Å²) in [7, 11) is 0. The molecule has 0 saturated carbocycles. The average molecular weight is 466 g/mol. The van der Waals surface area contributed by atoms with Crippen molar-refractivity contribution in [3.63, 3.8) is 0 Å². The van der Waals surface area contributed by atoms with Crippen LogP contribution in [0.3, 0.4) is 0 Å². The molecule has 0 fully saturated rings. The summed E-state index contributed by atoms with van der Waals surface area (Å²) in [5, 5.41) is 8.89. The third-order valence-electron chi connectivity index (χ3n) is 2.32. The van der Waals surface area contributed by atoms with Gasteiger partial charge in [-0.05, 0) is 13.0 Å². The number of aliphatic carboxylic acids is 1. The molecule has 0 aliphatic rings. The molecule has 0 amide bonds. The Bertz CT molecular complexity index is 339. The van der Waals surface area contributed by atoms with Crippen LogP contribution in [-0.2, 0) is 65.1 Å². The Labute approximate surface area is 136 Å². The van der Waals surface area contributed by atoms with Crippen molar-refractivity contribution >= 4 is 5.97 Å². The van der Waals surface area contributed by atoms with Crippen molar-refractivity contribution in [3.8, 4) is 0 Å². The summed E-state index contributed by atoms with van der Waals surface area (Å²) >= 11 is 0. The summed E-state index contributed by atoms with van der Waals surface area (Å²) in [5.74, 6) is -1.07. The van der Waals surface area contributed by atoms with Gasteiger partial charge in [0.05, 0.1) is 5.92 Å². The van der Waals surface area contributed by atoms with Crippen LogP contribution >= 0.6 is 0 Å². The Balaban J connectivity index is 0. The molecule has 1 rings (SSSR count). The van der Waals surface area contributed by atoms with Crippen LogP contribution in [-0.4, -0.2) is 15.6 Å². The second kappa shape index (κ2) is 8.61. The zero-order valence-electron chi connectivity index (χ0n) is 9.78. The molecule has 0 aliphatic heterocycles. The number of carboxylic acids is 1. The summed E-state index contributed by atoms with van der Waals surface area (Å²) < 4.78 is 1.83. The van der Waals surface area contributed by atoms with Crippen LogP contribution in [0.25, 0.3) is 0 Å². The van der Waals surface area contributed by atoms with E-state index in [4.69, 9.17) is 5.11 Å². The largest absolute Gasteiger partial charge is 0.592 e. The summed E-state index contributed by atoms with van der Waals surface area (Å²) in [6, 6.07) is 3.09. The molecule has 1 unspecified atom stereocenters. The van der Waals surface area contributed by atoms with E-state index in [-0.39, 0.29) is 59.7 Å². The van der Waals surface area contributed by atoms with Gasteiger partial charge in [0.2, 0.25) is 0 Å². The number of rotatable bonds is 4. The van der Waals surface area contributed by atoms with Crippen LogP contribution in [0.2, 0.25) is 0 Å². The molecule has 87 valence electrons. The number of carboxylic acid groups (broad SMARTS) is 1. The smallest absolute Gasteiger partial charge is 0.308 e. The number of aromatic nitrogens is 1. The van der Waals surface area contributed by atoms with Gasteiger partial charge in [0.1, 0.15) is 0 Å². The number of aryl methyl sites for hydroxylation is 2. The van der Waals surface area contributed by atoms with Gasteiger partial charge in [-0.25, -0.2) is 0 Å². The standard InChI is InChI=1S/C11H15NO2.W.Y/c1-4-10(11(13)14)7-12-6-8(2)5-9(12)3;;/h10H,4,7H2,1-3H3,(H,13,14);;/q-2;;. The third-order valence-corrected chi connectivity index (χ3v) is 2.32. The zero-order valence-corrected chi connectivity index (χ0v) is 15.6. The SMILES string of the molecule is CCC(Cn1[c-]c(C)[c-]c1C)C(=O)O.[W].[Y]. The normalized spacial score (nSPS) is 11.2. The van der Waals surface area contributed by atoms with Crippen molar-refractivity contribution in [2.75, 3.05) is 0 Å². The molecule has 1 heterocycles. The minimum absolute atomic E-state index is 0. The summed E-state index contributed by atoms with van der Waals surface area (Å²) in [6.07, 6.45) is 3.70. The van der Waals surface area contributed by atoms with Crippen LogP contribution in [0.1, 0.15) is 24.6 Å². The molecule has 0 spiro atoms. The Kier molecular flexibility index (Phi) is 10.2. The molecule has 0 aliphatic carbocycles. The van der Waals surface area contributed by atoms with Crippen molar-refractivity contribution in [2.45, 2.75) is 33.7 Å². The van der Waals surface area contributed by atoms with E-state index in [1.54, 1.807) is 0 Å². The molecule has 16 heavy (non-hydrogen) atoms. The van der Waals surface area contributed by atoms with Crippen molar-refractivity contribution in [2.24, 2.45) is 5.92 Å². The van der Waals surface area contributed by atoms with E-state index in [2.05, 4.69) is 12.3 Å². The van der Waals surface area contributed by atoms with Gasteiger partial charge >= 0.3 is 5.97 Å². The first-order valence-electron chi connectivity index (χ1n) is 4.75. The maximum Gasteiger partial charge on any atom is 0.308 e. The van der Waals surface area contributed by atoms with Gasteiger partial charge in [0.25, 0.3) is 0 Å². The molecular formula is C11H15NO2WY-2. The van der Waals surface area contributed by atoms with E-state index in [1.165, 1.54) is 0 Å². The monoisotopic (exact) mass is 466 g/mol. The zero-order chi connectivity index (χ0) is 10.7. The van der Waals surface area contributed by atoms with Gasteiger partial charge in [0, 0.05) is 53.8 Å². The Morgan fingerprint density at radius 2 is 2.06 bits per heavy atom. The molecular weight excluding hydrogens is 451 g/mol. The first kappa shape index (κ1) is 18.9. The number of hydrogen-bond donors (Lipinski definition) is 1. The number of hydrogen-bond acceptors (Lipinski definition) is 1. The van der Waals surface area contributed by atoms with Crippen molar-refractivity contribution < 1.29 is 63.7 Å². The van der Waals surface area contributed by atoms with Gasteiger partial charge < -0.3 is 27.0 Å². The molecule has 5 heteroatoms. The molecule has 0 bridgehead atoms. The Morgan fingerprint density at radius 1 is 1.50 bits per heavy atom. The Morgan fingerprint density at radius 3 is 2.38 bits per heavy atom. The fraction of sp³-hybridized carbons (Fsp3) is 0.545. The first-order chi connectivity index (χ1) is 6.54. The first-order valence-corrected chi connectivity index (χ1v) is 4.75. The fourth-order valence-electron chi connectivity index (χ4n) is 1.44. The molecule has 1 atom stereocenters. The van der Waals surface area contributed by atoms with Gasteiger partial charge in [-0.2, -0.15) is 0 Å². The fourth-order valence-corrected chi connectivity index (χ4v) is 1.44. The molecule has 0 saturated heterocycles. The van der Waals surface area contributed by atoms with Gasteiger partial charge in [-0.15, -0.1) is 6.92 Å². The molecule has 1 aromatic rings. The molecule has 1 N–H and O–H groups in total. The molecule has 1 radical (unpaired) electrons.